The number of carbonyl (C=O) groups excluding carboxylic acids is 1. The Balaban J connectivity index is 1.92. The molecule has 1 amide bonds. The summed E-state index contributed by atoms with van der Waals surface area (Å²) in [5.41, 5.74) is 2.09. The third-order valence-corrected chi connectivity index (χ3v) is 4.02. The topological polar surface area (TPSA) is 57.8 Å². The minimum absolute atomic E-state index is 0.00299. The average Bonchev–Trinajstić information content (AvgIpc) is 3.08. The highest BCUT2D eigenvalue weighted by Crippen LogP contribution is 2.29. The van der Waals surface area contributed by atoms with Crippen molar-refractivity contribution in [2.75, 3.05) is 5.32 Å². The minimum Gasteiger partial charge on any atom is -0.309 e. The number of fused-ring (bicyclic) bond motifs is 1. The molecular weight excluding hydrogens is 270 g/mol. The van der Waals surface area contributed by atoms with Crippen molar-refractivity contribution in [2.24, 2.45) is 0 Å². The number of benzene rings is 1. The summed E-state index contributed by atoms with van der Waals surface area (Å²) < 4.78 is 0. The summed E-state index contributed by atoms with van der Waals surface area (Å²) in [5, 5.41) is 13.0. The molecule has 0 aliphatic heterocycles. The van der Waals surface area contributed by atoms with E-state index in [4.69, 9.17) is 0 Å². The van der Waals surface area contributed by atoms with Crippen molar-refractivity contribution < 1.29 is 4.79 Å². The Hall–Kier alpha value is -2.14. The Morgan fingerprint density at radius 1 is 1.40 bits per heavy atom. The number of amides is 1. The van der Waals surface area contributed by atoms with E-state index in [1.807, 2.05) is 19.1 Å². The number of hydrogen-bond acceptors (Lipinski definition) is 3. The number of anilines is 1. The molecule has 0 aliphatic carbocycles. The second kappa shape index (κ2) is 5.46. The maximum Gasteiger partial charge on any atom is 0.225 e. The number of nitrogens with zero attached hydrogens (tertiary/aromatic N) is 1. The van der Waals surface area contributed by atoms with Crippen LogP contribution in [-0.4, -0.2) is 16.1 Å². The Morgan fingerprint density at radius 2 is 2.30 bits per heavy atom. The van der Waals surface area contributed by atoms with Gasteiger partial charge in [0.15, 0.2) is 5.82 Å². The second-order valence-corrected chi connectivity index (χ2v) is 5.56. The van der Waals surface area contributed by atoms with Crippen LogP contribution in [0.2, 0.25) is 0 Å². The van der Waals surface area contributed by atoms with E-state index in [1.54, 1.807) is 11.3 Å². The zero-order valence-electron chi connectivity index (χ0n) is 11.1. The van der Waals surface area contributed by atoms with E-state index in [-0.39, 0.29) is 5.91 Å². The van der Waals surface area contributed by atoms with E-state index >= 15 is 0 Å². The zero-order chi connectivity index (χ0) is 13.9. The predicted octanol–water partition coefficient (Wildman–Crippen LogP) is 4.03. The van der Waals surface area contributed by atoms with Gasteiger partial charge in [0.1, 0.15) is 0 Å². The molecule has 20 heavy (non-hydrogen) atoms. The molecule has 4 nitrogen and oxygen atoms in total. The highest BCUT2D eigenvalue weighted by Gasteiger charge is 2.10. The summed E-state index contributed by atoms with van der Waals surface area (Å²) in [6.45, 7) is 1.98. The second-order valence-electron chi connectivity index (χ2n) is 4.61. The molecule has 1 aromatic carbocycles. The van der Waals surface area contributed by atoms with E-state index in [0.717, 1.165) is 22.9 Å². The lowest BCUT2D eigenvalue weighted by atomic mass is 10.1. The molecule has 0 fully saturated rings. The van der Waals surface area contributed by atoms with E-state index in [0.29, 0.717) is 12.2 Å². The van der Waals surface area contributed by atoms with Crippen molar-refractivity contribution in [1.29, 1.82) is 0 Å². The minimum atomic E-state index is 0.00299. The van der Waals surface area contributed by atoms with Crippen LogP contribution in [-0.2, 0) is 4.79 Å². The molecule has 0 atom stereocenters. The smallest absolute Gasteiger partial charge is 0.225 e. The molecule has 2 N–H and O–H groups in total. The van der Waals surface area contributed by atoms with Gasteiger partial charge in [-0.2, -0.15) is 5.10 Å². The first kappa shape index (κ1) is 12.9. The van der Waals surface area contributed by atoms with Gasteiger partial charge in [0.05, 0.1) is 5.52 Å². The van der Waals surface area contributed by atoms with Crippen LogP contribution in [0.1, 0.15) is 19.8 Å². The molecule has 0 saturated heterocycles. The fourth-order valence-electron chi connectivity index (χ4n) is 2.13. The number of hydrogen-bond donors (Lipinski definition) is 2. The van der Waals surface area contributed by atoms with Crippen LogP contribution in [0.5, 0.6) is 0 Å². The summed E-state index contributed by atoms with van der Waals surface area (Å²) in [6.07, 6.45) is 1.35. The van der Waals surface area contributed by atoms with Gasteiger partial charge in [-0.3, -0.25) is 9.89 Å². The van der Waals surface area contributed by atoms with Crippen LogP contribution >= 0.6 is 11.3 Å². The van der Waals surface area contributed by atoms with Crippen LogP contribution in [0.3, 0.4) is 0 Å². The van der Waals surface area contributed by atoms with Crippen molar-refractivity contribution in [3.05, 3.63) is 35.7 Å². The van der Waals surface area contributed by atoms with E-state index < -0.39 is 0 Å². The summed E-state index contributed by atoms with van der Waals surface area (Å²) in [4.78, 5) is 12.9. The van der Waals surface area contributed by atoms with Crippen molar-refractivity contribution in [1.82, 2.24) is 10.2 Å². The van der Waals surface area contributed by atoms with Crippen molar-refractivity contribution in [3.8, 4) is 10.4 Å². The Kier molecular flexibility index (Phi) is 3.52. The largest absolute Gasteiger partial charge is 0.309 e. The molecule has 0 radical (unpaired) electrons. The lowest BCUT2D eigenvalue weighted by Crippen LogP contribution is -2.10. The van der Waals surface area contributed by atoms with Gasteiger partial charge >= 0.3 is 0 Å². The number of thiophene rings is 1. The maximum atomic E-state index is 11.6. The first-order valence-electron chi connectivity index (χ1n) is 6.60. The summed E-state index contributed by atoms with van der Waals surface area (Å²) in [7, 11) is 0. The molecule has 0 bridgehead atoms. The monoisotopic (exact) mass is 285 g/mol. The van der Waals surface area contributed by atoms with Gasteiger partial charge in [0.25, 0.3) is 0 Å². The molecule has 0 aliphatic rings. The maximum absolute atomic E-state index is 11.6. The van der Waals surface area contributed by atoms with Gasteiger partial charge in [0, 0.05) is 16.7 Å². The Labute approximate surface area is 120 Å². The molecule has 0 unspecified atom stereocenters. The van der Waals surface area contributed by atoms with E-state index in [1.165, 1.54) is 4.88 Å². The van der Waals surface area contributed by atoms with Gasteiger partial charge in [-0.1, -0.05) is 19.1 Å². The van der Waals surface area contributed by atoms with Gasteiger partial charge < -0.3 is 5.32 Å². The molecule has 3 aromatic rings. The van der Waals surface area contributed by atoms with Crippen LogP contribution in [0, 0.1) is 0 Å². The number of nitrogens with one attached hydrogen (secondary N) is 2. The quantitative estimate of drug-likeness (QED) is 0.760. The zero-order valence-corrected chi connectivity index (χ0v) is 12.0. The summed E-state index contributed by atoms with van der Waals surface area (Å²) in [5.74, 6) is 0.611. The summed E-state index contributed by atoms with van der Waals surface area (Å²) >= 11 is 1.70. The molecule has 3 rings (SSSR count). The number of rotatable bonds is 4. The standard InChI is InChI=1S/C15H15N3OS/c1-2-4-14(19)16-15-11-7-6-10(9-12(11)17-18-15)13-5-3-8-20-13/h3,5-9H,2,4H2,1H3,(H2,16,17,18,19). The molecule has 5 heteroatoms. The fraction of sp³-hybridized carbons (Fsp3) is 0.200. The van der Waals surface area contributed by atoms with Crippen molar-refractivity contribution in [3.63, 3.8) is 0 Å². The molecule has 0 saturated carbocycles. The van der Waals surface area contributed by atoms with Crippen LogP contribution in [0.25, 0.3) is 21.3 Å². The third-order valence-electron chi connectivity index (χ3n) is 3.10. The SMILES string of the molecule is CCCC(=O)Nc1n[nH]c2cc(-c3cccs3)ccc12. The van der Waals surface area contributed by atoms with Gasteiger partial charge in [0.2, 0.25) is 5.91 Å². The fourth-order valence-corrected chi connectivity index (χ4v) is 2.86. The Morgan fingerprint density at radius 3 is 3.05 bits per heavy atom. The molecule has 102 valence electrons. The Bertz CT molecular complexity index is 731. The van der Waals surface area contributed by atoms with E-state index in [9.17, 15) is 4.79 Å². The third kappa shape index (κ3) is 2.44. The first-order chi connectivity index (χ1) is 9.78. The first-order valence-corrected chi connectivity index (χ1v) is 7.47. The normalized spacial score (nSPS) is 10.8. The predicted molar refractivity (Wildman–Crippen MR) is 82.9 cm³/mol. The van der Waals surface area contributed by atoms with Crippen LogP contribution in [0.4, 0.5) is 5.82 Å². The molecular formula is C15H15N3OS. The summed E-state index contributed by atoms with van der Waals surface area (Å²) in [6, 6.07) is 10.2. The van der Waals surface area contributed by atoms with Crippen molar-refractivity contribution >= 4 is 34.0 Å². The number of aromatic amines is 1. The lowest BCUT2D eigenvalue weighted by molar-refractivity contribution is -0.116. The number of aromatic nitrogens is 2. The number of H-pyrrole nitrogens is 1. The highest BCUT2D eigenvalue weighted by atomic mass is 32.1. The molecule has 2 heterocycles. The molecule has 0 spiro atoms. The van der Waals surface area contributed by atoms with Crippen LogP contribution < -0.4 is 5.32 Å². The van der Waals surface area contributed by atoms with Crippen LogP contribution in [0.15, 0.2) is 35.7 Å². The van der Waals surface area contributed by atoms with Gasteiger partial charge in [-0.25, -0.2) is 0 Å². The number of carbonyl (C=O) groups is 1. The highest BCUT2D eigenvalue weighted by molar-refractivity contribution is 7.13. The van der Waals surface area contributed by atoms with E-state index in [2.05, 4.69) is 39.1 Å². The van der Waals surface area contributed by atoms with Gasteiger partial charge in [-0.15, -0.1) is 11.3 Å². The molecule has 2 aromatic heterocycles. The van der Waals surface area contributed by atoms with Crippen molar-refractivity contribution in [2.45, 2.75) is 19.8 Å². The average molecular weight is 285 g/mol. The van der Waals surface area contributed by atoms with Gasteiger partial charge in [-0.05, 0) is 35.6 Å². The lowest BCUT2D eigenvalue weighted by Gasteiger charge is -2.01.